The van der Waals surface area contributed by atoms with Gasteiger partial charge in [-0.2, -0.15) is 0 Å². The van der Waals surface area contributed by atoms with Crippen LogP contribution in [0.2, 0.25) is 10.0 Å². The van der Waals surface area contributed by atoms with Crippen LogP contribution in [0.3, 0.4) is 0 Å². The molecular weight excluding hydrogens is 407 g/mol. The van der Waals surface area contributed by atoms with Crippen molar-refractivity contribution in [3.05, 3.63) is 80.2 Å². The van der Waals surface area contributed by atoms with Crippen molar-refractivity contribution in [3.63, 3.8) is 0 Å². The summed E-state index contributed by atoms with van der Waals surface area (Å²) in [6, 6.07) is 12.8. The molecule has 0 aliphatic heterocycles. The van der Waals surface area contributed by atoms with E-state index >= 15 is 0 Å². The van der Waals surface area contributed by atoms with E-state index in [2.05, 4.69) is 10.3 Å². The minimum absolute atomic E-state index is 0.120. The number of rotatable bonds is 6. The average molecular weight is 423 g/mol. The van der Waals surface area contributed by atoms with E-state index in [1.54, 1.807) is 35.2 Å². The van der Waals surface area contributed by atoms with Crippen LogP contribution in [0, 0.1) is 0 Å². The lowest BCUT2D eigenvalue weighted by molar-refractivity contribution is 0.0937. The Kier molecular flexibility index (Phi) is 6.59. The molecule has 26 heavy (non-hydrogen) atoms. The molecule has 3 nitrogen and oxygen atoms in total. The van der Waals surface area contributed by atoms with Gasteiger partial charge in [-0.05, 0) is 36.8 Å². The standard InChI is InChI=1S/C19H16Cl2N2OS2/c1-12(13-6-7-16(20)17(21)8-13)23-19(24)15-4-2-3-5-18(15)26-10-14-9-25-11-22-14/h2-9,11-12H,10H2,1H3,(H,23,24). The van der Waals surface area contributed by atoms with E-state index in [1.807, 2.05) is 48.1 Å². The molecule has 0 saturated carbocycles. The number of amides is 1. The van der Waals surface area contributed by atoms with Crippen molar-refractivity contribution in [1.82, 2.24) is 10.3 Å². The van der Waals surface area contributed by atoms with Gasteiger partial charge in [-0.1, -0.05) is 41.4 Å². The molecule has 0 fully saturated rings. The topological polar surface area (TPSA) is 42.0 Å². The molecular formula is C19H16Cl2N2OS2. The zero-order chi connectivity index (χ0) is 18.5. The second-order valence-corrected chi connectivity index (χ2v) is 8.18. The molecule has 1 aromatic heterocycles. The molecule has 1 heterocycles. The van der Waals surface area contributed by atoms with Crippen molar-refractivity contribution in [3.8, 4) is 0 Å². The summed E-state index contributed by atoms with van der Waals surface area (Å²) in [4.78, 5) is 18.0. The van der Waals surface area contributed by atoms with Gasteiger partial charge >= 0.3 is 0 Å². The fourth-order valence-corrected chi connectivity index (χ4v) is 4.30. The normalized spacial score (nSPS) is 12.0. The van der Waals surface area contributed by atoms with Crippen LogP contribution < -0.4 is 5.32 Å². The molecule has 0 bridgehead atoms. The van der Waals surface area contributed by atoms with E-state index in [9.17, 15) is 4.79 Å². The third kappa shape index (κ3) is 4.80. The molecule has 0 aliphatic carbocycles. The van der Waals surface area contributed by atoms with Gasteiger partial charge in [0.1, 0.15) is 0 Å². The highest BCUT2D eigenvalue weighted by Crippen LogP contribution is 2.28. The molecule has 0 spiro atoms. The molecule has 7 heteroatoms. The molecule has 0 saturated heterocycles. The molecule has 1 N–H and O–H groups in total. The van der Waals surface area contributed by atoms with Gasteiger partial charge in [0, 0.05) is 16.0 Å². The summed E-state index contributed by atoms with van der Waals surface area (Å²) in [5.41, 5.74) is 4.38. The van der Waals surface area contributed by atoms with E-state index in [0.29, 0.717) is 15.6 Å². The first kappa shape index (κ1) is 19.2. The Balaban J connectivity index is 1.71. The summed E-state index contributed by atoms with van der Waals surface area (Å²) >= 11 is 15.2. The van der Waals surface area contributed by atoms with Crippen molar-refractivity contribution in [1.29, 1.82) is 0 Å². The van der Waals surface area contributed by atoms with Crippen LogP contribution in [0.1, 0.15) is 34.6 Å². The summed E-state index contributed by atoms with van der Waals surface area (Å²) in [6.07, 6.45) is 0. The van der Waals surface area contributed by atoms with Crippen LogP contribution in [0.15, 0.2) is 58.3 Å². The average Bonchev–Trinajstić information content (AvgIpc) is 3.16. The van der Waals surface area contributed by atoms with Gasteiger partial charge in [0.15, 0.2) is 0 Å². The highest BCUT2D eigenvalue weighted by Gasteiger charge is 2.16. The zero-order valence-corrected chi connectivity index (χ0v) is 17.1. The van der Waals surface area contributed by atoms with E-state index in [0.717, 1.165) is 21.9 Å². The highest BCUT2D eigenvalue weighted by molar-refractivity contribution is 7.98. The zero-order valence-electron chi connectivity index (χ0n) is 13.9. The van der Waals surface area contributed by atoms with Crippen molar-refractivity contribution < 1.29 is 4.79 Å². The molecule has 0 radical (unpaired) electrons. The summed E-state index contributed by atoms with van der Waals surface area (Å²) in [6.45, 7) is 1.92. The number of aromatic nitrogens is 1. The minimum atomic E-state index is -0.186. The summed E-state index contributed by atoms with van der Waals surface area (Å²) < 4.78 is 0. The Morgan fingerprint density at radius 2 is 2.04 bits per heavy atom. The van der Waals surface area contributed by atoms with Crippen LogP contribution in [-0.2, 0) is 5.75 Å². The van der Waals surface area contributed by atoms with E-state index in [1.165, 1.54) is 0 Å². The lowest BCUT2D eigenvalue weighted by atomic mass is 10.1. The quantitative estimate of drug-likeness (QED) is 0.478. The number of nitrogens with one attached hydrogen (secondary N) is 1. The first-order valence-corrected chi connectivity index (χ1v) is 10.6. The van der Waals surface area contributed by atoms with Crippen molar-refractivity contribution in [2.75, 3.05) is 0 Å². The second-order valence-electron chi connectivity index (χ2n) is 5.63. The number of benzene rings is 2. The highest BCUT2D eigenvalue weighted by atomic mass is 35.5. The van der Waals surface area contributed by atoms with E-state index < -0.39 is 0 Å². The monoisotopic (exact) mass is 422 g/mol. The number of hydrogen-bond donors (Lipinski definition) is 1. The summed E-state index contributed by atoms with van der Waals surface area (Å²) in [5, 5.41) is 6.02. The summed E-state index contributed by atoms with van der Waals surface area (Å²) in [5.74, 6) is 0.612. The molecule has 0 aliphatic rings. The minimum Gasteiger partial charge on any atom is -0.345 e. The number of carbonyl (C=O) groups excluding carboxylic acids is 1. The molecule has 134 valence electrons. The Bertz CT molecular complexity index is 900. The van der Waals surface area contributed by atoms with Gasteiger partial charge in [0.05, 0.1) is 32.9 Å². The van der Waals surface area contributed by atoms with Crippen molar-refractivity contribution >= 4 is 52.2 Å². The van der Waals surface area contributed by atoms with Crippen LogP contribution in [-0.4, -0.2) is 10.9 Å². The van der Waals surface area contributed by atoms with Gasteiger partial charge in [0.2, 0.25) is 0 Å². The first-order chi connectivity index (χ1) is 12.5. The van der Waals surface area contributed by atoms with E-state index in [-0.39, 0.29) is 11.9 Å². The number of thiazole rings is 1. The Morgan fingerprint density at radius 3 is 2.77 bits per heavy atom. The number of carbonyl (C=O) groups is 1. The van der Waals surface area contributed by atoms with Gasteiger partial charge in [-0.25, -0.2) is 4.98 Å². The third-order valence-corrected chi connectivity index (χ3v) is 6.26. The fourth-order valence-electron chi connectivity index (χ4n) is 2.38. The first-order valence-electron chi connectivity index (χ1n) is 7.89. The Labute approximate surface area is 170 Å². The number of thioether (sulfide) groups is 1. The maximum absolute atomic E-state index is 12.8. The van der Waals surface area contributed by atoms with Crippen LogP contribution in [0.25, 0.3) is 0 Å². The van der Waals surface area contributed by atoms with Gasteiger partial charge < -0.3 is 5.32 Å². The van der Waals surface area contributed by atoms with E-state index in [4.69, 9.17) is 23.2 Å². The van der Waals surface area contributed by atoms with Gasteiger partial charge in [-0.15, -0.1) is 23.1 Å². The molecule has 1 atom stereocenters. The molecule has 1 amide bonds. The van der Waals surface area contributed by atoms with Crippen LogP contribution >= 0.6 is 46.3 Å². The predicted octanol–water partition coefficient (Wildman–Crippen LogP) is 6.23. The van der Waals surface area contributed by atoms with Gasteiger partial charge in [0.25, 0.3) is 5.91 Å². The number of halogens is 2. The third-order valence-electron chi connectivity index (χ3n) is 3.78. The molecule has 3 rings (SSSR count). The Hall–Kier alpha value is -1.53. The van der Waals surface area contributed by atoms with Crippen molar-refractivity contribution in [2.45, 2.75) is 23.6 Å². The number of nitrogens with zero attached hydrogens (tertiary/aromatic N) is 1. The number of hydrogen-bond acceptors (Lipinski definition) is 4. The maximum atomic E-state index is 12.8. The molecule has 1 unspecified atom stereocenters. The fraction of sp³-hybridized carbons (Fsp3) is 0.158. The lowest BCUT2D eigenvalue weighted by Crippen LogP contribution is -2.27. The second kappa shape index (κ2) is 8.91. The van der Waals surface area contributed by atoms with Crippen molar-refractivity contribution in [2.24, 2.45) is 0 Å². The smallest absolute Gasteiger partial charge is 0.252 e. The largest absolute Gasteiger partial charge is 0.345 e. The van der Waals surface area contributed by atoms with Gasteiger partial charge in [-0.3, -0.25) is 4.79 Å². The van der Waals surface area contributed by atoms with Crippen LogP contribution in [0.5, 0.6) is 0 Å². The Morgan fingerprint density at radius 1 is 1.23 bits per heavy atom. The predicted molar refractivity (Wildman–Crippen MR) is 110 cm³/mol. The maximum Gasteiger partial charge on any atom is 0.252 e. The SMILES string of the molecule is CC(NC(=O)c1ccccc1SCc1cscn1)c1ccc(Cl)c(Cl)c1. The summed E-state index contributed by atoms with van der Waals surface area (Å²) in [7, 11) is 0. The van der Waals surface area contributed by atoms with Crippen LogP contribution in [0.4, 0.5) is 0 Å². The molecule has 2 aromatic carbocycles. The molecule has 3 aromatic rings. The lowest BCUT2D eigenvalue weighted by Gasteiger charge is -2.16.